The maximum atomic E-state index is 11.5. The molecule has 8 atom stereocenters. The Morgan fingerprint density at radius 2 is 1.61 bits per heavy atom. The van der Waals surface area contributed by atoms with Crippen LogP contribution < -0.4 is 0 Å². The Balaban J connectivity index is 1.79. The van der Waals surface area contributed by atoms with E-state index in [2.05, 4.69) is 40.7 Å². The van der Waals surface area contributed by atoms with Crippen molar-refractivity contribution < 1.29 is 15.3 Å². The second kappa shape index (κ2) is 6.56. The van der Waals surface area contributed by atoms with E-state index in [1.165, 1.54) is 32.1 Å². The highest BCUT2D eigenvalue weighted by atomic mass is 16.3. The van der Waals surface area contributed by atoms with Gasteiger partial charge >= 0.3 is 0 Å². The Kier molecular flexibility index (Phi) is 4.89. The van der Waals surface area contributed by atoms with Gasteiger partial charge in [0, 0.05) is 11.3 Å². The van der Waals surface area contributed by atoms with Crippen LogP contribution in [0.5, 0.6) is 0 Å². The van der Waals surface area contributed by atoms with Gasteiger partial charge in [-0.25, -0.2) is 0 Å². The lowest BCUT2D eigenvalue weighted by molar-refractivity contribution is -0.236. The number of aliphatic hydroxyl groups is 3. The van der Waals surface area contributed by atoms with E-state index in [0.29, 0.717) is 22.7 Å². The molecule has 160 valence electrons. The second-order valence-electron chi connectivity index (χ2n) is 12.1. The highest BCUT2D eigenvalue weighted by molar-refractivity contribution is 5.25. The largest absolute Gasteiger partial charge is 0.396 e. The molecule has 3 heteroatoms. The minimum absolute atomic E-state index is 0.00558. The van der Waals surface area contributed by atoms with Crippen molar-refractivity contribution in [2.45, 2.75) is 85.7 Å². The predicted octanol–water partition coefficient (Wildman–Crippen LogP) is 4.55. The topological polar surface area (TPSA) is 60.7 Å². The van der Waals surface area contributed by atoms with Crippen molar-refractivity contribution in [3.05, 3.63) is 11.6 Å². The molecular weight excluding hydrogens is 348 g/mol. The molecule has 4 rings (SSSR count). The summed E-state index contributed by atoms with van der Waals surface area (Å²) in [5.74, 6) is 1.51. The summed E-state index contributed by atoms with van der Waals surface area (Å²) < 4.78 is 0. The van der Waals surface area contributed by atoms with Crippen molar-refractivity contribution >= 4 is 0 Å². The first-order valence-electron chi connectivity index (χ1n) is 11.6. The van der Waals surface area contributed by atoms with Crippen LogP contribution in [-0.4, -0.2) is 34.6 Å². The number of allylic oxidation sites excluding steroid dienone is 1. The van der Waals surface area contributed by atoms with Gasteiger partial charge in [-0.3, -0.25) is 0 Å². The minimum atomic E-state index is -0.413. The summed E-state index contributed by atoms with van der Waals surface area (Å²) >= 11 is 0. The maximum Gasteiger partial charge on any atom is 0.0645 e. The predicted molar refractivity (Wildman–Crippen MR) is 113 cm³/mol. The molecule has 0 aromatic heterocycles. The highest BCUT2D eigenvalue weighted by Gasteiger charge is 2.67. The van der Waals surface area contributed by atoms with E-state index in [1.54, 1.807) is 0 Å². The van der Waals surface area contributed by atoms with Crippen molar-refractivity contribution in [1.82, 2.24) is 0 Å². The van der Waals surface area contributed by atoms with Gasteiger partial charge in [-0.15, -0.1) is 0 Å². The number of aliphatic hydroxyl groups excluding tert-OH is 3. The van der Waals surface area contributed by atoms with E-state index in [-0.39, 0.29) is 30.0 Å². The Morgan fingerprint density at radius 1 is 0.929 bits per heavy atom. The summed E-state index contributed by atoms with van der Waals surface area (Å²) in [6, 6.07) is 0. The average molecular weight is 391 g/mol. The Hall–Kier alpha value is -0.380. The summed E-state index contributed by atoms with van der Waals surface area (Å²) in [6.45, 7) is 12.2. The van der Waals surface area contributed by atoms with Crippen LogP contribution in [0.15, 0.2) is 11.6 Å². The lowest BCUT2D eigenvalue weighted by Crippen LogP contribution is -2.66. The summed E-state index contributed by atoms with van der Waals surface area (Å²) in [5, 5.41) is 31.7. The van der Waals surface area contributed by atoms with Crippen molar-refractivity contribution in [3.63, 3.8) is 0 Å². The van der Waals surface area contributed by atoms with Gasteiger partial charge in [0.15, 0.2) is 0 Å². The Labute approximate surface area is 171 Å². The van der Waals surface area contributed by atoms with Crippen molar-refractivity contribution in [3.8, 4) is 0 Å². The van der Waals surface area contributed by atoms with Crippen LogP contribution >= 0.6 is 0 Å². The van der Waals surface area contributed by atoms with Crippen LogP contribution in [0.25, 0.3) is 0 Å². The Bertz CT molecular complexity index is 654. The monoisotopic (exact) mass is 390 g/mol. The molecule has 0 spiro atoms. The smallest absolute Gasteiger partial charge is 0.0645 e. The van der Waals surface area contributed by atoms with Crippen molar-refractivity contribution in [1.29, 1.82) is 0 Å². The molecule has 3 fully saturated rings. The molecule has 0 bridgehead atoms. The SMILES string of the molecule is CC1(C)CCC[C@@]2(C)C1CC[C@@]1(C)[C@@H]3CC=C(CO)C(CO)[C@@]3(C)[C@H](O)C[C@@H]12. The summed E-state index contributed by atoms with van der Waals surface area (Å²) in [6.07, 6.45) is 10.00. The summed E-state index contributed by atoms with van der Waals surface area (Å²) in [7, 11) is 0. The maximum absolute atomic E-state index is 11.5. The van der Waals surface area contributed by atoms with E-state index in [0.717, 1.165) is 24.3 Å². The molecule has 0 aromatic carbocycles. The molecule has 0 aliphatic heterocycles. The third-order valence-corrected chi connectivity index (χ3v) is 10.7. The van der Waals surface area contributed by atoms with Crippen LogP contribution in [0.2, 0.25) is 0 Å². The van der Waals surface area contributed by atoms with Gasteiger partial charge in [-0.2, -0.15) is 0 Å². The highest BCUT2D eigenvalue weighted by Crippen LogP contribution is 2.72. The van der Waals surface area contributed by atoms with Crippen LogP contribution in [0.4, 0.5) is 0 Å². The van der Waals surface area contributed by atoms with E-state index < -0.39 is 6.10 Å². The molecule has 0 saturated heterocycles. The van der Waals surface area contributed by atoms with Gasteiger partial charge in [0.25, 0.3) is 0 Å². The molecule has 0 amide bonds. The zero-order chi connectivity index (χ0) is 20.5. The molecule has 3 nitrogen and oxygen atoms in total. The number of rotatable bonds is 2. The molecule has 3 N–H and O–H groups in total. The fourth-order valence-electron chi connectivity index (χ4n) is 9.36. The van der Waals surface area contributed by atoms with Gasteiger partial charge < -0.3 is 15.3 Å². The molecule has 4 aliphatic carbocycles. The third-order valence-electron chi connectivity index (χ3n) is 10.7. The van der Waals surface area contributed by atoms with E-state index in [4.69, 9.17) is 0 Å². The van der Waals surface area contributed by atoms with E-state index in [1.807, 2.05) is 0 Å². The summed E-state index contributed by atoms with van der Waals surface area (Å²) in [4.78, 5) is 0. The van der Waals surface area contributed by atoms with Crippen molar-refractivity contribution in [2.75, 3.05) is 13.2 Å². The standard InChI is InChI=1S/C25H42O3/c1-22(2)10-6-11-23(3)18(22)9-12-24(4)19-8-7-16(14-26)17(15-27)25(19,5)21(28)13-20(23)24/h7,17-21,26-28H,6,8-15H2,1-5H3/t17?,18?,19-,20+,21+,23-,24-,25+/m0/s1. The van der Waals surface area contributed by atoms with Gasteiger partial charge in [0.1, 0.15) is 0 Å². The first-order chi connectivity index (χ1) is 13.1. The molecule has 0 aromatic rings. The first kappa shape index (κ1) is 20.9. The van der Waals surface area contributed by atoms with Crippen LogP contribution in [0.3, 0.4) is 0 Å². The number of hydrogen-bond acceptors (Lipinski definition) is 3. The average Bonchev–Trinajstić information content (AvgIpc) is 2.62. The molecule has 0 radical (unpaired) electrons. The normalized spacial score (nSPS) is 52.9. The van der Waals surface area contributed by atoms with E-state index in [9.17, 15) is 15.3 Å². The zero-order valence-corrected chi connectivity index (χ0v) is 18.7. The quantitative estimate of drug-likeness (QED) is 0.606. The molecule has 0 heterocycles. The number of fused-ring (bicyclic) bond motifs is 5. The molecule has 2 unspecified atom stereocenters. The summed E-state index contributed by atoms with van der Waals surface area (Å²) in [5.41, 5.74) is 1.47. The van der Waals surface area contributed by atoms with Crippen molar-refractivity contribution in [2.24, 2.45) is 45.3 Å². The molecule has 4 aliphatic rings. The fraction of sp³-hybridized carbons (Fsp3) is 0.920. The van der Waals surface area contributed by atoms with Crippen LogP contribution in [0, 0.1) is 45.3 Å². The van der Waals surface area contributed by atoms with E-state index >= 15 is 0 Å². The second-order valence-corrected chi connectivity index (χ2v) is 12.1. The first-order valence-corrected chi connectivity index (χ1v) is 11.6. The minimum Gasteiger partial charge on any atom is -0.396 e. The third kappa shape index (κ3) is 2.51. The fourth-order valence-corrected chi connectivity index (χ4v) is 9.36. The zero-order valence-electron chi connectivity index (χ0n) is 18.7. The van der Waals surface area contributed by atoms with Crippen LogP contribution in [-0.2, 0) is 0 Å². The van der Waals surface area contributed by atoms with Gasteiger partial charge in [0.05, 0.1) is 19.3 Å². The lowest BCUT2D eigenvalue weighted by Gasteiger charge is -2.70. The Morgan fingerprint density at radius 3 is 2.25 bits per heavy atom. The van der Waals surface area contributed by atoms with Gasteiger partial charge in [-0.1, -0.05) is 47.1 Å². The van der Waals surface area contributed by atoms with Crippen LogP contribution in [0.1, 0.15) is 79.6 Å². The molecule has 3 saturated carbocycles. The molecular formula is C25H42O3. The number of hydrogen-bond donors (Lipinski definition) is 3. The van der Waals surface area contributed by atoms with Gasteiger partial charge in [0.2, 0.25) is 0 Å². The lowest BCUT2D eigenvalue weighted by atomic mass is 9.34. The molecule has 28 heavy (non-hydrogen) atoms. The van der Waals surface area contributed by atoms with Gasteiger partial charge in [-0.05, 0) is 78.1 Å².